The number of phenolic OH excluding ortho intramolecular Hbond substituents is 1. The van der Waals surface area contributed by atoms with Crippen LogP contribution in [0.5, 0.6) is 5.75 Å². The Labute approximate surface area is 124 Å². The van der Waals surface area contributed by atoms with Gasteiger partial charge in [-0.3, -0.25) is 14.9 Å². The van der Waals surface area contributed by atoms with Crippen molar-refractivity contribution < 1.29 is 14.7 Å². The molecule has 0 aliphatic carbocycles. The molecular formula is C14H9Cl2NO3. The summed E-state index contributed by atoms with van der Waals surface area (Å²) in [6.45, 7) is 0. The van der Waals surface area contributed by atoms with Gasteiger partial charge in [-0.05, 0) is 30.3 Å². The number of carbonyl (C=O) groups excluding carboxylic acids is 2. The highest BCUT2D eigenvalue weighted by atomic mass is 35.5. The molecule has 2 rings (SSSR count). The van der Waals surface area contributed by atoms with Gasteiger partial charge in [0.25, 0.3) is 11.8 Å². The van der Waals surface area contributed by atoms with E-state index in [4.69, 9.17) is 23.2 Å². The number of hydrogen-bond acceptors (Lipinski definition) is 3. The first-order valence-electron chi connectivity index (χ1n) is 5.58. The molecule has 6 heteroatoms. The molecule has 0 unspecified atom stereocenters. The number of aromatic hydroxyl groups is 1. The molecule has 102 valence electrons. The number of hydrogen-bond donors (Lipinski definition) is 2. The van der Waals surface area contributed by atoms with Gasteiger partial charge in [0.05, 0.1) is 16.1 Å². The predicted octanol–water partition coefficient (Wildman–Crippen LogP) is 3.27. The summed E-state index contributed by atoms with van der Waals surface area (Å²) >= 11 is 11.6. The van der Waals surface area contributed by atoms with Crippen LogP contribution >= 0.6 is 23.2 Å². The van der Waals surface area contributed by atoms with E-state index < -0.39 is 11.8 Å². The average Bonchev–Trinajstić information content (AvgIpc) is 2.38. The van der Waals surface area contributed by atoms with Crippen molar-refractivity contribution in [1.82, 2.24) is 5.32 Å². The van der Waals surface area contributed by atoms with Gasteiger partial charge in [-0.25, -0.2) is 0 Å². The first kappa shape index (κ1) is 14.4. The Bertz CT molecular complexity index is 686. The Balaban J connectivity index is 2.20. The van der Waals surface area contributed by atoms with Crippen LogP contribution < -0.4 is 5.32 Å². The van der Waals surface area contributed by atoms with Gasteiger partial charge in [0.2, 0.25) is 0 Å². The van der Waals surface area contributed by atoms with Gasteiger partial charge in [-0.1, -0.05) is 35.3 Å². The van der Waals surface area contributed by atoms with Crippen molar-refractivity contribution in [3.63, 3.8) is 0 Å². The lowest BCUT2D eigenvalue weighted by molar-refractivity contribution is 0.0848. The minimum Gasteiger partial charge on any atom is -0.507 e. The largest absolute Gasteiger partial charge is 0.507 e. The van der Waals surface area contributed by atoms with E-state index >= 15 is 0 Å². The van der Waals surface area contributed by atoms with Gasteiger partial charge in [0, 0.05) is 5.02 Å². The Hall–Kier alpha value is -2.04. The zero-order valence-electron chi connectivity index (χ0n) is 10.1. The molecule has 0 spiro atoms. The predicted molar refractivity (Wildman–Crippen MR) is 76.4 cm³/mol. The second-order valence-corrected chi connectivity index (χ2v) is 4.77. The summed E-state index contributed by atoms with van der Waals surface area (Å²) in [5.74, 6) is -1.58. The smallest absolute Gasteiger partial charge is 0.261 e. The number of para-hydroxylation sites is 1. The molecule has 0 aromatic heterocycles. The van der Waals surface area contributed by atoms with Crippen molar-refractivity contribution in [2.75, 3.05) is 0 Å². The minimum atomic E-state index is -0.709. The standard InChI is InChI=1S/C14H9Cl2NO3/c15-8-5-6-9(11(16)7-8)13(19)17-14(20)10-3-1-2-4-12(10)18/h1-7,18H,(H,17,19,20). The molecule has 2 N–H and O–H groups in total. The van der Waals surface area contributed by atoms with Crippen LogP contribution in [0.2, 0.25) is 10.0 Å². The fourth-order valence-corrected chi connectivity index (χ4v) is 2.07. The first-order chi connectivity index (χ1) is 9.49. The van der Waals surface area contributed by atoms with Gasteiger partial charge >= 0.3 is 0 Å². The van der Waals surface area contributed by atoms with E-state index in [0.29, 0.717) is 5.02 Å². The third-order valence-electron chi connectivity index (χ3n) is 2.55. The molecule has 0 fully saturated rings. The third kappa shape index (κ3) is 3.10. The summed E-state index contributed by atoms with van der Waals surface area (Å²) in [6.07, 6.45) is 0. The summed E-state index contributed by atoms with van der Waals surface area (Å²) in [5.41, 5.74) is 0.130. The number of rotatable bonds is 2. The van der Waals surface area contributed by atoms with Crippen molar-refractivity contribution in [2.45, 2.75) is 0 Å². The second-order valence-electron chi connectivity index (χ2n) is 3.92. The molecule has 0 heterocycles. The highest BCUT2D eigenvalue weighted by Crippen LogP contribution is 2.21. The van der Waals surface area contributed by atoms with Crippen LogP contribution in [0.4, 0.5) is 0 Å². The molecule has 0 radical (unpaired) electrons. The van der Waals surface area contributed by atoms with Crippen LogP contribution in [-0.2, 0) is 0 Å². The first-order valence-corrected chi connectivity index (χ1v) is 6.33. The molecule has 2 aromatic carbocycles. The molecule has 0 atom stereocenters. The molecule has 20 heavy (non-hydrogen) atoms. The van der Waals surface area contributed by atoms with E-state index in [1.807, 2.05) is 0 Å². The Kier molecular flexibility index (Phi) is 4.27. The minimum absolute atomic E-state index is 0.00550. The van der Waals surface area contributed by atoms with Crippen LogP contribution in [-0.4, -0.2) is 16.9 Å². The topological polar surface area (TPSA) is 66.4 Å². The summed E-state index contributed by atoms with van der Waals surface area (Å²) in [6, 6.07) is 10.2. The zero-order valence-corrected chi connectivity index (χ0v) is 11.6. The average molecular weight is 310 g/mol. The lowest BCUT2D eigenvalue weighted by Crippen LogP contribution is -2.30. The summed E-state index contributed by atoms with van der Waals surface area (Å²) in [5, 5.41) is 12.2. The fraction of sp³-hybridized carbons (Fsp3) is 0. The van der Waals surface area contributed by atoms with E-state index in [1.165, 1.54) is 30.3 Å². The maximum absolute atomic E-state index is 11.9. The highest BCUT2D eigenvalue weighted by Gasteiger charge is 2.17. The SMILES string of the molecule is O=C(NC(=O)c1ccc(Cl)cc1Cl)c1ccccc1O. The van der Waals surface area contributed by atoms with Crippen molar-refractivity contribution in [1.29, 1.82) is 0 Å². The summed E-state index contributed by atoms with van der Waals surface area (Å²) < 4.78 is 0. The van der Waals surface area contributed by atoms with Gasteiger partial charge in [-0.15, -0.1) is 0 Å². The van der Waals surface area contributed by atoms with Gasteiger partial charge in [0.1, 0.15) is 5.75 Å². The summed E-state index contributed by atoms with van der Waals surface area (Å²) in [7, 11) is 0. The van der Waals surface area contributed by atoms with Gasteiger partial charge in [-0.2, -0.15) is 0 Å². The molecule has 0 saturated heterocycles. The molecule has 0 saturated carbocycles. The van der Waals surface area contributed by atoms with E-state index in [-0.39, 0.29) is 21.9 Å². The molecule has 0 aliphatic heterocycles. The second kappa shape index (κ2) is 5.94. The van der Waals surface area contributed by atoms with Crippen LogP contribution in [0.15, 0.2) is 42.5 Å². The molecule has 4 nitrogen and oxygen atoms in total. The molecule has 0 aliphatic rings. The van der Waals surface area contributed by atoms with E-state index in [0.717, 1.165) is 0 Å². The van der Waals surface area contributed by atoms with E-state index in [1.54, 1.807) is 12.1 Å². The van der Waals surface area contributed by atoms with Crippen molar-refractivity contribution in [2.24, 2.45) is 0 Å². The number of halogens is 2. The highest BCUT2D eigenvalue weighted by molar-refractivity contribution is 6.37. The lowest BCUT2D eigenvalue weighted by Gasteiger charge is -2.07. The van der Waals surface area contributed by atoms with Crippen molar-refractivity contribution in [3.05, 3.63) is 63.6 Å². The number of phenols is 1. The van der Waals surface area contributed by atoms with Crippen LogP contribution in [0.25, 0.3) is 0 Å². The van der Waals surface area contributed by atoms with Crippen LogP contribution in [0.3, 0.4) is 0 Å². The number of carbonyl (C=O) groups is 2. The maximum atomic E-state index is 11.9. The molecule has 0 bridgehead atoms. The number of nitrogens with one attached hydrogen (secondary N) is 1. The van der Waals surface area contributed by atoms with Crippen LogP contribution in [0, 0.1) is 0 Å². The molecular weight excluding hydrogens is 301 g/mol. The van der Waals surface area contributed by atoms with E-state index in [9.17, 15) is 14.7 Å². The van der Waals surface area contributed by atoms with Crippen LogP contribution in [0.1, 0.15) is 20.7 Å². The fourth-order valence-electron chi connectivity index (χ4n) is 1.58. The molecule has 2 amide bonds. The van der Waals surface area contributed by atoms with Crippen molar-refractivity contribution >= 4 is 35.0 Å². The summed E-state index contributed by atoms with van der Waals surface area (Å²) in [4.78, 5) is 23.8. The normalized spacial score (nSPS) is 10.1. The zero-order chi connectivity index (χ0) is 14.7. The molecule has 2 aromatic rings. The van der Waals surface area contributed by atoms with Gasteiger partial charge < -0.3 is 5.11 Å². The van der Waals surface area contributed by atoms with E-state index in [2.05, 4.69) is 5.32 Å². The monoisotopic (exact) mass is 309 g/mol. The third-order valence-corrected chi connectivity index (χ3v) is 3.10. The number of imide groups is 1. The Morgan fingerprint density at radius 1 is 0.950 bits per heavy atom. The Morgan fingerprint density at radius 2 is 1.60 bits per heavy atom. The van der Waals surface area contributed by atoms with Gasteiger partial charge in [0.15, 0.2) is 0 Å². The Morgan fingerprint density at radius 3 is 2.25 bits per heavy atom. The number of amides is 2. The maximum Gasteiger partial charge on any atom is 0.261 e. The number of benzene rings is 2. The van der Waals surface area contributed by atoms with Crippen molar-refractivity contribution in [3.8, 4) is 5.75 Å². The lowest BCUT2D eigenvalue weighted by atomic mass is 10.1. The quantitative estimate of drug-likeness (QED) is 0.837.